The predicted octanol–water partition coefficient (Wildman–Crippen LogP) is 3.13. The summed E-state index contributed by atoms with van der Waals surface area (Å²) in [6, 6.07) is 6.77. The van der Waals surface area contributed by atoms with Crippen molar-refractivity contribution in [2.75, 3.05) is 16.9 Å². The molecular weight excluding hydrogens is 463 g/mol. The summed E-state index contributed by atoms with van der Waals surface area (Å²) >= 11 is 5.73. The van der Waals surface area contributed by atoms with Gasteiger partial charge in [-0.25, -0.2) is 9.99 Å². The number of halogens is 4. The highest BCUT2D eigenvalue weighted by molar-refractivity contribution is 6.31. The van der Waals surface area contributed by atoms with Crippen LogP contribution in [-0.2, 0) is 11.0 Å². The molecule has 1 aromatic carbocycles. The van der Waals surface area contributed by atoms with Crippen LogP contribution in [0, 0.1) is 11.3 Å². The van der Waals surface area contributed by atoms with Gasteiger partial charge < -0.3 is 16.4 Å². The Morgan fingerprint density at radius 2 is 2.09 bits per heavy atom. The van der Waals surface area contributed by atoms with E-state index in [-0.39, 0.29) is 23.6 Å². The van der Waals surface area contributed by atoms with Gasteiger partial charge in [-0.1, -0.05) is 11.6 Å². The smallest absolute Gasteiger partial charge is 0.388 e. The fourth-order valence-electron chi connectivity index (χ4n) is 2.67. The number of hydrazone groups is 1. The lowest BCUT2D eigenvalue weighted by Crippen LogP contribution is -2.41. The summed E-state index contributed by atoms with van der Waals surface area (Å²) in [5, 5.41) is 18.7. The van der Waals surface area contributed by atoms with Gasteiger partial charge >= 0.3 is 6.18 Å². The Kier molecular flexibility index (Phi) is 8.58. The van der Waals surface area contributed by atoms with Crippen LogP contribution in [0.25, 0.3) is 0 Å². The maximum atomic E-state index is 13.0. The third-order valence-corrected chi connectivity index (χ3v) is 4.27. The van der Waals surface area contributed by atoms with E-state index in [9.17, 15) is 22.8 Å². The number of carbonyl (C=O) groups excluding carboxylic acids is 2. The highest BCUT2D eigenvalue weighted by Gasteiger charge is 2.31. The molecule has 1 heterocycles. The van der Waals surface area contributed by atoms with Gasteiger partial charge in [0, 0.05) is 16.6 Å². The zero-order valence-electron chi connectivity index (χ0n) is 17.2. The topological polar surface area (TPSA) is 136 Å². The van der Waals surface area contributed by atoms with E-state index in [1.807, 2.05) is 0 Å². The van der Waals surface area contributed by atoms with E-state index in [1.165, 1.54) is 23.3 Å². The number of hydrogen-bond donors (Lipinski definition) is 3. The number of nitrogens with two attached hydrogens (primary N) is 1. The molecule has 4 N–H and O–H groups in total. The second kappa shape index (κ2) is 11.1. The fraction of sp³-hybridized carbons (Fsp3) is 0.250. The molecule has 13 heteroatoms. The molecule has 9 nitrogen and oxygen atoms in total. The molecule has 1 atom stereocenters. The van der Waals surface area contributed by atoms with E-state index in [1.54, 1.807) is 13.0 Å². The number of aromatic nitrogens is 1. The van der Waals surface area contributed by atoms with Gasteiger partial charge in [0.2, 0.25) is 5.91 Å². The number of nitrogens with one attached hydrogen (secondary N) is 2. The summed E-state index contributed by atoms with van der Waals surface area (Å²) < 4.78 is 39.0. The van der Waals surface area contributed by atoms with Crippen molar-refractivity contribution in [3.05, 3.63) is 52.7 Å². The van der Waals surface area contributed by atoms with E-state index in [4.69, 9.17) is 22.6 Å². The summed E-state index contributed by atoms with van der Waals surface area (Å²) in [4.78, 5) is 28.1. The van der Waals surface area contributed by atoms with Crippen LogP contribution < -0.4 is 21.4 Å². The Labute approximate surface area is 192 Å². The first-order chi connectivity index (χ1) is 15.5. The van der Waals surface area contributed by atoms with Gasteiger partial charge in [0.25, 0.3) is 5.91 Å². The van der Waals surface area contributed by atoms with Gasteiger partial charge in [0.15, 0.2) is 0 Å². The number of nitriles is 1. The monoisotopic (exact) mass is 481 g/mol. The first-order valence-electron chi connectivity index (χ1n) is 9.36. The number of carbonyl (C=O) groups is 2. The van der Waals surface area contributed by atoms with Gasteiger partial charge in [-0.3, -0.25) is 9.59 Å². The lowest BCUT2D eigenvalue weighted by Gasteiger charge is -2.23. The quantitative estimate of drug-likeness (QED) is 0.301. The molecule has 0 saturated heterocycles. The largest absolute Gasteiger partial charge is 0.416 e. The second-order valence-electron chi connectivity index (χ2n) is 6.74. The minimum atomic E-state index is -4.65. The SMILES string of the molecule is CC(CN(N=CN)c1ccc(NC(=O)CC#N)cn1)NC(=O)c1cc(Cl)cc(C(F)(F)F)c1. The molecule has 2 amide bonds. The number of nitrogens with zero attached hydrogens (tertiary/aromatic N) is 4. The summed E-state index contributed by atoms with van der Waals surface area (Å²) in [6.07, 6.45) is -2.60. The third-order valence-electron chi connectivity index (χ3n) is 4.05. The third kappa shape index (κ3) is 7.65. The number of rotatable bonds is 8. The van der Waals surface area contributed by atoms with Crippen molar-refractivity contribution in [3.8, 4) is 6.07 Å². The van der Waals surface area contributed by atoms with Gasteiger partial charge in [0.1, 0.15) is 18.6 Å². The first kappa shape index (κ1) is 25.4. The highest BCUT2D eigenvalue weighted by Crippen LogP contribution is 2.32. The maximum Gasteiger partial charge on any atom is 0.416 e. The molecule has 0 aliphatic rings. The minimum Gasteiger partial charge on any atom is -0.388 e. The van der Waals surface area contributed by atoms with E-state index in [0.29, 0.717) is 17.6 Å². The zero-order chi connectivity index (χ0) is 24.6. The van der Waals surface area contributed by atoms with Crippen molar-refractivity contribution in [2.24, 2.45) is 10.8 Å². The maximum absolute atomic E-state index is 13.0. The standard InChI is InChI=1S/C20H19ClF3N7O2/c1-12(29-19(33)13-6-14(20(22,23)24)8-15(21)7-13)10-31(28-11-26)17-3-2-16(9-27-17)30-18(32)4-5-25/h2-3,6-9,11-12H,4,10H2,1H3,(H2,26,28)(H,29,33)(H,30,32). The molecule has 2 aromatic rings. The lowest BCUT2D eigenvalue weighted by molar-refractivity contribution is -0.137. The normalized spacial score (nSPS) is 12.1. The van der Waals surface area contributed by atoms with E-state index >= 15 is 0 Å². The van der Waals surface area contributed by atoms with Gasteiger partial charge in [-0.2, -0.15) is 23.5 Å². The van der Waals surface area contributed by atoms with Crippen LogP contribution in [0.3, 0.4) is 0 Å². The first-order valence-corrected chi connectivity index (χ1v) is 9.74. The molecular formula is C20H19ClF3N7O2. The van der Waals surface area contributed by atoms with Crippen molar-refractivity contribution < 1.29 is 22.8 Å². The zero-order valence-corrected chi connectivity index (χ0v) is 18.0. The van der Waals surface area contributed by atoms with Crippen molar-refractivity contribution in [1.29, 1.82) is 5.26 Å². The van der Waals surface area contributed by atoms with Crippen LogP contribution in [0.15, 0.2) is 41.6 Å². The lowest BCUT2D eigenvalue weighted by atomic mass is 10.1. The van der Waals surface area contributed by atoms with Gasteiger partial charge in [-0.15, -0.1) is 0 Å². The number of amides is 2. The molecule has 2 rings (SSSR count). The van der Waals surface area contributed by atoms with Crippen LogP contribution in [-0.4, -0.2) is 35.7 Å². The molecule has 1 aromatic heterocycles. The number of alkyl halides is 3. The Balaban J connectivity index is 2.09. The summed E-state index contributed by atoms with van der Waals surface area (Å²) in [5.74, 6) is -0.927. The predicted molar refractivity (Wildman–Crippen MR) is 117 cm³/mol. The van der Waals surface area contributed by atoms with Crippen LogP contribution in [0.4, 0.5) is 24.7 Å². The van der Waals surface area contributed by atoms with Crippen LogP contribution in [0.2, 0.25) is 5.02 Å². The Bertz CT molecular complexity index is 1070. The number of hydrogen-bond acceptors (Lipinski definition) is 6. The summed E-state index contributed by atoms with van der Waals surface area (Å²) in [6.45, 7) is 1.68. The van der Waals surface area contributed by atoms with E-state index in [2.05, 4.69) is 20.7 Å². The van der Waals surface area contributed by atoms with Gasteiger partial charge in [0.05, 0.1) is 30.1 Å². The molecule has 1 unspecified atom stereocenters. The molecule has 33 heavy (non-hydrogen) atoms. The van der Waals surface area contributed by atoms with Crippen molar-refractivity contribution in [2.45, 2.75) is 25.6 Å². The highest BCUT2D eigenvalue weighted by atomic mass is 35.5. The average molecular weight is 482 g/mol. The van der Waals surface area contributed by atoms with Crippen molar-refractivity contribution in [3.63, 3.8) is 0 Å². The fourth-order valence-corrected chi connectivity index (χ4v) is 2.90. The second-order valence-corrected chi connectivity index (χ2v) is 7.17. The van der Waals surface area contributed by atoms with Crippen LogP contribution in [0.5, 0.6) is 0 Å². The molecule has 0 fully saturated rings. The molecule has 0 bridgehead atoms. The molecule has 174 valence electrons. The molecule has 0 aliphatic heterocycles. The molecule has 0 saturated carbocycles. The average Bonchev–Trinajstić information content (AvgIpc) is 2.73. The van der Waals surface area contributed by atoms with Crippen molar-refractivity contribution >= 4 is 41.3 Å². The van der Waals surface area contributed by atoms with E-state index < -0.39 is 29.6 Å². The number of benzene rings is 1. The minimum absolute atomic E-state index is 0.0687. The summed E-state index contributed by atoms with van der Waals surface area (Å²) in [5.41, 5.74) is 4.46. The molecule has 0 aliphatic carbocycles. The van der Waals surface area contributed by atoms with Gasteiger partial charge in [-0.05, 0) is 37.3 Å². The number of pyridine rings is 1. The molecule has 0 spiro atoms. The Morgan fingerprint density at radius 1 is 1.36 bits per heavy atom. The Morgan fingerprint density at radius 3 is 2.67 bits per heavy atom. The van der Waals surface area contributed by atoms with Crippen LogP contribution >= 0.6 is 11.6 Å². The Hall–Kier alpha value is -3.85. The number of anilines is 2. The van der Waals surface area contributed by atoms with Crippen molar-refractivity contribution in [1.82, 2.24) is 10.3 Å². The molecule has 0 radical (unpaired) electrons. The van der Waals surface area contributed by atoms with Crippen LogP contribution in [0.1, 0.15) is 29.3 Å². The summed E-state index contributed by atoms with van der Waals surface area (Å²) in [7, 11) is 0. The van der Waals surface area contributed by atoms with E-state index in [0.717, 1.165) is 18.5 Å².